The van der Waals surface area contributed by atoms with Crippen LogP contribution in [0, 0.1) is 5.82 Å². The Bertz CT molecular complexity index is 578. The molecule has 0 fully saturated rings. The summed E-state index contributed by atoms with van der Waals surface area (Å²) in [6, 6.07) is 11.5. The molecule has 19 heavy (non-hydrogen) atoms. The number of aromatic nitrogens is 1. The molecule has 4 nitrogen and oxygen atoms in total. The minimum Gasteiger partial charge on any atom is -0.444 e. The van der Waals surface area contributed by atoms with E-state index in [1.165, 1.54) is 6.07 Å². The predicted molar refractivity (Wildman–Crippen MR) is 69.5 cm³/mol. The minimum absolute atomic E-state index is 0.0831. The molecule has 6 heteroatoms. The fraction of sp³-hybridized carbons (Fsp3) is 0.0769. The number of halogens is 2. The van der Waals surface area contributed by atoms with Gasteiger partial charge in [0, 0.05) is 0 Å². The molecule has 0 atom stereocenters. The molecule has 1 aromatic carbocycles. The largest absolute Gasteiger partial charge is 0.444 e. The number of pyridine rings is 1. The van der Waals surface area contributed by atoms with Crippen LogP contribution >= 0.6 is 11.6 Å². The second-order valence-electron chi connectivity index (χ2n) is 3.65. The Morgan fingerprint density at radius 2 is 2.00 bits per heavy atom. The van der Waals surface area contributed by atoms with Gasteiger partial charge in [-0.25, -0.2) is 14.2 Å². The van der Waals surface area contributed by atoms with E-state index < -0.39 is 11.9 Å². The number of carbonyl (C=O) groups excluding carboxylic acids is 1. The Morgan fingerprint density at radius 3 is 2.74 bits per heavy atom. The maximum absolute atomic E-state index is 13.3. The summed E-state index contributed by atoms with van der Waals surface area (Å²) < 4.78 is 18.2. The second-order valence-corrected chi connectivity index (χ2v) is 4.04. The van der Waals surface area contributed by atoms with Crippen molar-refractivity contribution in [2.24, 2.45) is 0 Å². The molecule has 0 aliphatic heterocycles. The van der Waals surface area contributed by atoms with Crippen LogP contribution in [0.4, 0.5) is 15.0 Å². The molecule has 0 aliphatic rings. The monoisotopic (exact) mass is 280 g/mol. The lowest BCUT2D eigenvalue weighted by molar-refractivity contribution is 0.155. The van der Waals surface area contributed by atoms with Crippen LogP contribution in [0.3, 0.4) is 0 Å². The molecule has 0 aliphatic carbocycles. The second kappa shape index (κ2) is 6.15. The van der Waals surface area contributed by atoms with Crippen LogP contribution in [0.5, 0.6) is 0 Å². The lowest BCUT2D eigenvalue weighted by atomic mass is 10.2. The highest BCUT2D eigenvalue weighted by Crippen LogP contribution is 2.15. The summed E-state index contributed by atoms with van der Waals surface area (Å²) in [5.41, 5.74) is 0.831. The molecule has 0 spiro atoms. The van der Waals surface area contributed by atoms with Crippen molar-refractivity contribution in [2.45, 2.75) is 6.61 Å². The van der Waals surface area contributed by atoms with E-state index >= 15 is 0 Å². The predicted octanol–water partition coefficient (Wildman–Crippen LogP) is 3.62. The van der Waals surface area contributed by atoms with E-state index in [0.717, 1.165) is 11.6 Å². The van der Waals surface area contributed by atoms with Crippen molar-refractivity contribution < 1.29 is 13.9 Å². The number of nitrogens with one attached hydrogen (secondary N) is 1. The number of hydrogen-bond acceptors (Lipinski definition) is 3. The molecule has 0 bridgehead atoms. The molecule has 2 aromatic rings. The van der Waals surface area contributed by atoms with Crippen molar-refractivity contribution in [1.82, 2.24) is 4.98 Å². The number of nitrogens with zero attached hydrogens (tertiary/aromatic N) is 1. The van der Waals surface area contributed by atoms with E-state index in [1.807, 2.05) is 30.3 Å². The number of amides is 1. The Labute approximate surface area is 114 Å². The zero-order valence-electron chi connectivity index (χ0n) is 9.77. The van der Waals surface area contributed by atoms with Crippen LogP contribution in [0.2, 0.25) is 5.15 Å². The Balaban J connectivity index is 1.93. The lowest BCUT2D eigenvalue weighted by Crippen LogP contribution is -2.15. The smallest absolute Gasteiger partial charge is 0.413 e. The average Bonchev–Trinajstić information content (AvgIpc) is 2.42. The number of hydrogen-bond donors (Lipinski definition) is 1. The molecule has 98 valence electrons. The highest BCUT2D eigenvalue weighted by molar-refractivity contribution is 6.29. The van der Waals surface area contributed by atoms with Crippen molar-refractivity contribution >= 4 is 23.5 Å². The maximum atomic E-state index is 13.3. The SMILES string of the molecule is O=C(Nc1nc(Cl)ccc1F)OCc1ccccc1. The zero-order valence-corrected chi connectivity index (χ0v) is 10.5. The first-order chi connectivity index (χ1) is 9.15. The molecule has 1 aromatic heterocycles. The van der Waals surface area contributed by atoms with Gasteiger partial charge in [0.15, 0.2) is 11.6 Å². The van der Waals surface area contributed by atoms with Gasteiger partial charge in [-0.2, -0.15) is 0 Å². The average molecular weight is 281 g/mol. The fourth-order valence-corrected chi connectivity index (χ4v) is 1.51. The summed E-state index contributed by atoms with van der Waals surface area (Å²) in [5.74, 6) is -0.938. The van der Waals surface area contributed by atoms with E-state index in [0.29, 0.717) is 0 Å². The van der Waals surface area contributed by atoms with E-state index in [4.69, 9.17) is 16.3 Å². The summed E-state index contributed by atoms with van der Waals surface area (Å²) in [5, 5.41) is 2.27. The Hall–Kier alpha value is -2.14. The molecular weight excluding hydrogens is 271 g/mol. The third-order valence-corrected chi connectivity index (χ3v) is 2.46. The first-order valence-corrected chi connectivity index (χ1v) is 5.82. The van der Waals surface area contributed by atoms with E-state index in [-0.39, 0.29) is 17.6 Å². The van der Waals surface area contributed by atoms with Crippen molar-refractivity contribution in [3.05, 3.63) is 59.0 Å². The van der Waals surface area contributed by atoms with E-state index in [9.17, 15) is 9.18 Å². The summed E-state index contributed by atoms with van der Waals surface area (Å²) in [7, 11) is 0. The number of anilines is 1. The zero-order chi connectivity index (χ0) is 13.7. The van der Waals surface area contributed by atoms with Gasteiger partial charge in [0.1, 0.15) is 11.8 Å². The number of carbonyl (C=O) groups is 1. The normalized spacial score (nSPS) is 10.0. The Morgan fingerprint density at radius 1 is 1.26 bits per heavy atom. The topological polar surface area (TPSA) is 51.2 Å². The van der Waals surface area contributed by atoms with Crippen molar-refractivity contribution in [2.75, 3.05) is 5.32 Å². The molecule has 2 rings (SSSR count). The molecule has 0 saturated carbocycles. The van der Waals surface area contributed by atoms with Crippen molar-refractivity contribution in [1.29, 1.82) is 0 Å². The third-order valence-electron chi connectivity index (χ3n) is 2.25. The fourth-order valence-electron chi connectivity index (χ4n) is 1.36. The quantitative estimate of drug-likeness (QED) is 0.874. The van der Waals surface area contributed by atoms with Gasteiger partial charge < -0.3 is 4.74 Å². The standard InChI is InChI=1S/C13H10ClFN2O2/c14-11-7-6-10(15)12(16-11)17-13(18)19-8-9-4-2-1-3-5-9/h1-7H,8H2,(H,16,17,18). The summed E-state index contributed by atoms with van der Waals surface area (Å²) in [6.45, 7) is 0.0921. The van der Waals surface area contributed by atoms with Crippen molar-refractivity contribution in [3.63, 3.8) is 0 Å². The molecule has 1 amide bonds. The highest BCUT2D eigenvalue weighted by atomic mass is 35.5. The summed E-state index contributed by atoms with van der Waals surface area (Å²) >= 11 is 5.60. The van der Waals surface area contributed by atoms with Gasteiger partial charge in [-0.15, -0.1) is 0 Å². The van der Waals surface area contributed by atoms with Gasteiger partial charge >= 0.3 is 6.09 Å². The molecular formula is C13H10ClFN2O2. The van der Waals surface area contributed by atoms with E-state index in [2.05, 4.69) is 10.3 Å². The summed E-state index contributed by atoms with van der Waals surface area (Å²) in [4.78, 5) is 15.1. The van der Waals surface area contributed by atoms with Crippen LogP contribution < -0.4 is 5.32 Å². The van der Waals surface area contributed by atoms with Gasteiger partial charge in [0.2, 0.25) is 0 Å². The molecule has 1 N–H and O–H groups in total. The number of rotatable bonds is 3. The molecule has 0 radical (unpaired) electrons. The van der Waals surface area contributed by atoms with Gasteiger partial charge in [-0.05, 0) is 17.7 Å². The minimum atomic E-state index is -0.794. The van der Waals surface area contributed by atoms with Crippen LogP contribution in [0.25, 0.3) is 0 Å². The molecule has 0 saturated heterocycles. The van der Waals surface area contributed by atoms with Crippen LogP contribution in [0.15, 0.2) is 42.5 Å². The van der Waals surface area contributed by atoms with E-state index in [1.54, 1.807) is 0 Å². The number of ether oxygens (including phenoxy) is 1. The highest BCUT2D eigenvalue weighted by Gasteiger charge is 2.10. The third kappa shape index (κ3) is 3.93. The maximum Gasteiger partial charge on any atom is 0.413 e. The van der Waals surface area contributed by atoms with Crippen LogP contribution in [-0.2, 0) is 11.3 Å². The van der Waals surface area contributed by atoms with Crippen LogP contribution in [-0.4, -0.2) is 11.1 Å². The summed E-state index contributed by atoms with van der Waals surface area (Å²) in [6.07, 6.45) is -0.794. The first-order valence-electron chi connectivity index (χ1n) is 5.45. The first kappa shape index (κ1) is 13.3. The van der Waals surface area contributed by atoms with Gasteiger partial charge in [0.25, 0.3) is 0 Å². The molecule has 0 unspecified atom stereocenters. The van der Waals surface area contributed by atoms with Gasteiger partial charge in [-0.1, -0.05) is 41.9 Å². The van der Waals surface area contributed by atoms with Crippen molar-refractivity contribution in [3.8, 4) is 0 Å². The lowest BCUT2D eigenvalue weighted by Gasteiger charge is -2.07. The van der Waals surface area contributed by atoms with Gasteiger partial charge in [-0.3, -0.25) is 5.32 Å². The number of benzene rings is 1. The van der Waals surface area contributed by atoms with Crippen LogP contribution in [0.1, 0.15) is 5.56 Å². The Kier molecular flexibility index (Phi) is 4.30. The van der Waals surface area contributed by atoms with Gasteiger partial charge in [0.05, 0.1) is 0 Å². The molecule has 1 heterocycles.